The minimum atomic E-state index is 0.938. The second-order valence-electron chi connectivity index (χ2n) is 0.770. The van der Waals surface area contributed by atoms with Gasteiger partial charge in [-0.1, -0.05) is 0 Å². The zero-order valence-corrected chi connectivity index (χ0v) is 4.76. The van der Waals surface area contributed by atoms with Crippen molar-refractivity contribution in [2.24, 2.45) is 0 Å². The Morgan fingerprint density at radius 3 is 2.00 bits per heavy atom. The van der Waals surface area contributed by atoms with E-state index >= 15 is 0 Å². The predicted molar refractivity (Wildman–Crippen MR) is 31.7 cm³/mol. The van der Waals surface area contributed by atoms with Gasteiger partial charge in [0.2, 0.25) is 0 Å². The van der Waals surface area contributed by atoms with Crippen LogP contribution in [0.15, 0.2) is 10.3 Å². The van der Waals surface area contributed by atoms with E-state index in [1.54, 1.807) is 5.41 Å². The fourth-order valence-electron chi connectivity index (χ4n) is 0. The van der Waals surface area contributed by atoms with Crippen molar-refractivity contribution in [3.63, 3.8) is 0 Å². The molecule has 0 radical (unpaired) electrons. The van der Waals surface area contributed by atoms with Crippen LogP contribution in [0.1, 0.15) is 6.92 Å². The lowest BCUT2D eigenvalue weighted by atomic mass is 10.8. The van der Waals surface area contributed by atoms with Crippen LogP contribution in [0, 0.1) is 0 Å². The molecule has 0 aliphatic carbocycles. The van der Waals surface area contributed by atoms with Crippen LogP contribution in [0.5, 0.6) is 0 Å². The van der Waals surface area contributed by atoms with E-state index in [0.717, 1.165) is 4.91 Å². The lowest BCUT2D eigenvalue weighted by Crippen LogP contribution is -1.42. The van der Waals surface area contributed by atoms with Crippen LogP contribution < -0.4 is 0 Å². The molecule has 0 aliphatic heterocycles. The number of allylic oxidation sites excluding steroid dienone is 1. The molecule has 5 heavy (non-hydrogen) atoms. The summed E-state index contributed by atoms with van der Waals surface area (Å²) in [6, 6.07) is 0. The molecule has 0 bridgehead atoms. The summed E-state index contributed by atoms with van der Waals surface area (Å²) in [5, 5.41) is 1.64. The molecule has 0 aliphatic rings. The first-order chi connectivity index (χ1) is 2.27. The van der Waals surface area contributed by atoms with Gasteiger partial charge in [-0.2, -0.15) is 12.6 Å². The highest BCUT2D eigenvalue weighted by Crippen LogP contribution is 1.96. The molecule has 0 unspecified atom stereocenters. The summed E-state index contributed by atoms with van der Waals surface area (Å²) in [7, 11) is 0. The summed E-state index contributed by atoms with van der Waals surface area (Å²) in [6.07, 6.45) is 0. The van der Waals surface area contributed by atoms with Crippen LogP contribution in [0.3, 0.4) is 0 Å². The van der Waals surface area contributed by atoms with Gasteiger partial charge in [0.05, 0.1) is 0 Å². The Hall–Kier alpha value is 0.440. The highest BCUT2D eigenvalue weighted by Gasteiger charge is 1.62. The molecule has 0 heterocycles. The van der Waals surface area contributed by atoms with Gasteiger partial charge in [-0.15, -0.1) is 12.6 Å². The molecule has 0 N–H and O–H groups in total. The monoisotopic (exact) mass is 106 g/mol. The molecule has 0 aromatic rings. The molecule has 0 aromatic carbocycles. The molecule has 0 saturated heterocycles. The zero-order chi connectivity index (χ0) is 4.28. The third-order valence-electron chi connectivity index (χ3n) is 0.187. The minimum absolute atomic E-state index is 0.938. The van der Waals surface area contributed by atoms with Gasteiger partial charge >= 0.3 is 0 Å². The van der Waals surface area contributed by atoms with Crippen LogP contribution in [0.25, 0.3) is 0 Å². The molecular weight excluding hydrogens is 100 g/mol. The molecule has 0 aromatic heterocycles. The molecule has 0 spiro atoms. The van der Waals surface area contributed by atoms with E-state index in [2.05, 4.69) is 25.3 Å². The van der Waals surface area contributed by atoms with E-state index in [-0.39, 0.29) is 0 Å². The van der Waals surface area contributed by atoms with Crippen molar-refractivity contribution >= 4 is 25.3 Å². The van der Waals surface area contributed by atoms with Crippen LogP contribution in [-0.4, -0.2) is 0 Å². The van der Waals surface area contributed by atoms with Crippen LogP contribution >= 0.6 is 25.3 Å². The Labute approximate surface area is 43.1 Å². The Morgan fingerprint density at radius 2 is 2.00 bits per heavy atom. The van der Waals surface area contributed by atoms with Crippen LogP contribution in [0.4, 0.5) is 0 Å². The summed E-state index contributed by atoms with van der Waals surface area (Å²) in [6.45, 7) is 1.87. The first kappa shape index (κ1) is 5.44. The van der Waals surface area contributed by atoms with Gasteiger partial charge in [0.1, 0.15) is 0 Å². The highest BCUT2D eigenvalue weighted by molar-refractivity contribution is 7.87. The van der Waals surface area contributed by atoms with E-state index in [4.69, 9.17) is 0 Å². The van der Waals surface area contributed by atoms with E-state index < -0.39 is 0 Å². The van der Waals surface area contributed by atoms with E-state index in [1.807, 2.05) is 6.92 Å². The quantitative estimate of drug-likeness (QED) is 0.431. The number of hydrogen-bond acceptors (Lipinski definition) is 2. The maximum Gasteiger partial charge on any atom is -0.0155 e. The first-order valence-electron chi connectivity index (χ1n) is 1.27. The average molecular weight is 106 g/mol. The van der Waals surface area contributed by atoms with Gasteiger partial charge in [0.25, 0.3) is 0 Å². The topological polar surface area (TPSA) is 0 Å². The van der Waals surface area contributed by atoms with Gasteiger partial charge in [0.15, 0.2) is 0 Å². The number of rotatable bonds is 0. The fourth-order valence-corrected chi connectivity index (χ4v) is 0. The lowest BCUT2D eigenvalue weighted by Gasteiger charge is -1.72. The second kappa shape index (κ2) is 2.67. The van der Waals surface area contributed by atoms with Crippen molar-refractivity contribution in [2.75, 3.05) is 0 Å². The third kappa shape index (κ3) is 4.44. The summed E-state index contributed by atoms with van der Waals surface area (Å²) in [5.74, 6) is 0. The molecule has 0 amide bonds. The van der Waals surface area contributed by atoms with Crippen molar-refractivity contribution in [1.29, 1.82) is 0 Å². The fraction of sp³-hybridized carbons (Fsp3) is 0.333. The van der Waals surface area contributed by atoms with Gasteiger partial charge in [-0.05, 0) is 17.2 Å². The smallest absolute Gasteiger partial charge is 0.0155 e. The van der Waals surface area contributed by atoms with Gasteiger partial charge in [-0.3, -0.25) is 0 Å². The molecule has 30 valence electrons. The Morgan fingerprint density at radius 1 is 1.80 bits per heavy atom. The van der Waals surface area contributed by atoms with Gasteiger partial charge < -0.3 is 0 Å². The minimum Gasteiger partial charge on any atom is -0.151 e. The zero-order valence-electron chi connectivity index (χ0n) is 2.97. The summed E-state index contributed by atoms with van der Waals surface area (Å²) in [5.41, 5.74) is 0. The largest absolute Gasteiger partial charge is 0.151 e. The molecule has 2 heteroatoms. The summed E-state index contributed by atoms with van der Waals surface area (Å²) >= 11 is 7.66. The normalized spacial score (nSPS) is 12.2. The molecule has 0 nitrogen and oxygen atoms in total. The predicted octanol–water partition coefficient (Wildman–Crippen LogP) is 1.71. The number of thiol groups is 2. The standard InChI is InChI=1S/C3H6S2/c1-3(5)2-4/h2,4-5H,1H3/b3-2-. The van der Waals surface area contributed by atoms with Gasteiger partial charge in [-0.25, -0.2) is 0 Å². The highest BCUT2D eigenvalue weighted by atomic mass is 32.1. The molecule has 0 atom stereocenters. The molecular formula is C3H6S2. The molecule has 0 saturated carbocycles. The Balaban J connectivity index is 3.14. The van der Waals surface area contributed by atoms with Crippen LogP contribution in [-0.2, 0) is 0 Å². The van der Waals surface area contributed by atoms with Gasteiger partial charge in [0, 0.05) is 0 Å². The van der Waals surface area contributed by atoms with Crippen LogP contribution in [0.2, 0.25) is 0 Å². The van der Waals surface area contributed by atoms with Crippen molar-refractivity contribution < 1.29 is 0 Å². The number of hydrogen-bond donors (Lipinski definition) is 2. The molecule has 0 fully saturated rings. The SMILES string of the molecule is C/C(S)=C/S. The van der Waals surface area contributed by atoms with E-state index in [1.165, 1.54) is 0 Å². The van der Waals surface area contributed by atoms with Crippen molar-refractivity contribution in [2.45, 2.75) is 6.92 Å². The second-order valence-corrected chi connectivity index (χ2v) is 1.73. The van der Waals surface area contributed by atoms with Crippen molar-refractivity contribution in [3.8, 4) is 0 Å². The third-order valence-corrected chi connectivity index (χ3v) is 0.907. The Bertz CT molecular complexity index is 42.9. The van der Waals surface area contributed by atoms with Crippen molar-refractivity contribution in [3.05, 3.63) is 10.3 Å². The first-order valence-corrected chi connectivity index (χ1v) is 2.23. The van der Waals surface area contributed by atoms with E-state index in [0.29, 0.717) is 0 Å². The summed E-state index contributed by atoms with van der Waals surface area (Å²) in [4.78, 5) is 0.938. The van der Waals surface area contributed by atoms with Crippen molar-refractivity contribution in [1.82, 2.24) is 0 Å². The lowest BCUT2D eigenvalue weighted by molar-refractivity contribution is 1.73. The maximum absolute atomic E-state index is 3.88. The Kier molecular flexibility index (Phi) is 2.90. The summed E-state index contributed by atoms with van der Waals surface area (Å²) < 4.78 is 0. The molecule has 0 rings (SSSR count). The average Bonchev–Trinajstić information content (AvgIpc) is 1.38. The van der Waals surface area contributed by atoms with E-state index in [9.17, 15) is 0 Å². The maximum atomic E-state index is 3.88.